The zero-order valence-corrected chi connectivity index (χ0v) is 20.4. The smallest absolute Gasteiger partial charge is 0.294 e. The normalized spacial score (nSPS) is 14.4. The van der Waals surface area contributed by atoms with Crippen LogP contribution in [0.5, 0.6) is 0 Å². The van der Waals surface area contributed by atoms with Crippen molar-refractivity contribution >= 4 is 25.0 Å². The molecule has 0 spiro atoms. The highest BCUT2D eigenvalue weighted by Crippen LogP contribution is 2.29. The number of H-pyrrole nitrogens is 1. The summed E-state index contributed by atoms with van der Waals surface area (Å²) in [5.74, 6) is -1.49. The zero-order chi connectivity index (χ0) is 24.6. The molecule has 33 heavy (non-hydrogen) atoms. The zero-order valence-electron chi connectivity index (χ0n) is 19.4. The van der Waals surface area contributed by atoms with Gasteiger partial charge in [-0.1, -0.05) is 73.4 Å². The first-order valence-electron chi connectivity index (χ1n) is 10.5. The Labute approximate surface area is 193 Å². The van der Waals surface area contributed by atoms with Gasteiger partial charge in [-0.25, -0.2) is 0 Å². The van der Waals surface area contributed by atoms with Crippen LogP contribution in [0, 0.1) is 0 Å². The van der Waals surface area contributed by atoms with E-state index in [-0.39, 0.29) is 5.76 Å². The summed E-state index contributed by atoms with van der Waals surface area (Å²) in [5.41, 5.74) is 5.55. The number of likely N-dealkylation sites (N-methyl/N-ethyl adjacent to an activating group) is 1. The number of aliphatic hydroxyl groups is 1. The van der Waals surface area contributed by atoms with E-state index in [4.69, 9.17) is 10.3 Å². The third kappa shape index (κ3) is 4.75. The summed E-state index contributed by atoms with van der Waals surface area (Å²) >= 11 is 0. The van der Waals surface area contributed by atoms with Crippen LogP contribution in [-0.4, -0.2) is 42.0 Å². The number of hydrogen-bond donors (Lipinski definition) is 3. The molecule has 1 aromatic heterocycles. The van der Waals surface area contributed by atoms with E-state index < -0.39 is 37.1 Å². The fourth-order valence-electron chi connectivity index (χ4n) is 3.55. The lowest BCUT2D eigenvalue weighted by Gasteiger charge is -2.37. The Bertz CT molecular complexity index is 1210. The quantitative estimate of drug-likeness (QED) is 0.278. The highest BCUT2D eigenvalue weighted by Gasteiger charge is 2.44. The average Bonchev–Trinajstić information content (AvgIpc) is 3.22. The number of Topliss-reactive ketones (excluding diaryl/α,β-unsaturated/α-hetero) is 1. The Kier molecular flexibility index (Phi) is 6.60. The lowest BCUT2D eigenvalue weighted by atomic mass is 9.88. The van der Waals surface area contributed by atoms with Crippen LogP contribution in [0.15, 0.2) is 63.9 Å². The second kappa shape index (κ2) is 8.93. The van der Waals surface area contributed by atoms with Crippen molar-refractivity contribution in [3.63, 3.8) is 0 Å². The molecule has 9 heteroatoms. The van der Waals surface area contributed by atoms with Crippen molar-refractivity contribution in [1.82, 2.24) is 10.1 Å². The number of aromatic amines is 1. The highest BCUT2D eigenvalue weighted by molar-refractivity contribution is 6.88. The van der Waals surface area contributed by atoms with Gasteiger partial charge in [0.2, 0.25) is 11.5 Å². The Hall–Kier alpha value is -3.27. The third-order valence-electron chi connectivity index (χ3n) is 5.76. The number of amides is 1. The van der Waals surface area contributed by atoms with Gasteiger partial charge in [-0.3, -0.25) is 20.1 Å². The molecule has 0 fully saturated rings. The van der Waals surface area contributed by atoms with Crippen LogP contribution in [0.1, 0.15) is 45.1 Å². The second-order valence-corrected chi connectivity index (χ2v) is 14.2. The molecule has 0 aliphatic carbocycles. The Balaban J connectivity index is 2.10. The average molecular weight is 468 g/mol. The molecule has 8 nitrogen and oxygen atoms in total. The highest BCUT2D eigenvalue weighted by atomic mass is 28.3. The monoisotopic (exact) mass is 467 g/mol. The number of benzene rings is 2. The van der Waals surface area contributed by atoms with Crippen LogP contribution in [-0.2, 0) is 5.66 Å². The summed E-state index contributed by atoms with van der Waals surface area (Å²) in [6.07, 6.45) is -0.704. The van der Waals surface area contributed by atoms with Gasteiger partial charge in [-0.15, -0.1) is 0 Å². The van der Waals surface area contributed by atoms with Gasteiger partial charge in [0.15, 0.2) is 5.66 Å². The van der Waals surface area contributed by atoms with Crippen LogP contribution >= 0.6 is 0 Å². The lowest BCUT2D eigenvalue weighted by molar-refractivity contribution is 0.0449. The molecule has 0 aliphatic heterocycles. The maximum absolute atomic E-state index is 13.8. The van der Waals surface area contributed by atoms with E-state index in [1.807, 2.05) is 12.1 Å². The van der Waals surface area contributed by atoms with Gasteiger partial charge >= 0.3 is 0 Å². The number of nitrogens with zero attached hydrogens (tertiary/aromatic N) is 1. The van der Waals surface area contributed by atoms with Crippen LogP contribution < -0.4 is 16.5 Å². The maximum atomic E-state index is 13.8. The summed E-state index contributed by atoms with van der Waals surface area (Å²) < 4.78 is 4.94. The molecular weight excluding hydrogens is 438 g/mol. The summed E-state index contributed by atoms with van der Waals surface area (Å²) in [7, 11) is -0.194. The molecule has 2 aromatic carbocycles. The van der Waals surface area contributed by atoms with Gasteiger partial charge in [0.1, 0.15) is 0 Å². The van der Waals surface area contributed by atoms with Gasteiger partial charge in [0.05, 0.1) is 20.2 Å². The molecule has 1 heterocycles. The third-order valence-corrected chi connectivity index (χ3v) is 7.83. The van der Waals surface area contributed by atoms with E-state index in [2.05, 4.69) is 24.8 Å². The van der Waals surface area contributed by atoms with E-state index in [1.165, 1.54) is 12.2 Å². The summed E-state index contributed by atoms with van der Waals surface area (Å²) in [6, 6.07) is 14.8. The van der Waals surface area contributed by atoms with Crippen molar-refractivity contribution in [2.75, 3.05) is 7.05 Å². The molecule has 0 bridgehead atoms. The van der Waals surface area contributed by atoms with E-state index in [9.17, 15) is 19.5 Å². The second-order valence-electron chi connectivity index (χ2n) is 9.16. The van der Waals surface area contributed by atoms with Crippen molar-refractivity contribution in [3.8, 4) is 0 Å². The van der Waals surface area contributed by atoms with Gasteiger partial charge in [-0.2, -0.15) is 5.16 Å². The van der Waals surface area contributed by atoms with Crippen molar-refractivity contribution < 1.29 is 19.2 Å². The van der Waals surface area contributed by atoms with Crippen LogP contribution in [0.2, 0.25) is 19.6 Å². The molecule has 174 valence electrons. The van der Waals surface area contributed by atoms with Crippen molar-refractivity contribution in [3.05, 3.63) is 87.4 Å². The first-order chi connectivity index (χ1) is 15.4. The summed E-state index contributed by atoms with van der Waals surface area (Å²) in [6.45, 7) is 8.24. The number of carbonyl (C=O) groups excluding carboxylic acids is 2. The van der Waals surface area contributed by atoms with Gasteiger partial charge in [0, 0.05) is 18.2 Å². The molecule has 4 N–H and O–H groups in total. The SMILES string of the molecule is CC(O)c1ccc(C(N)(C(=O)c2ccc([Si](C)(C)C)cc2)N(C)C(=O)c2cc(=O)[nH]o2)cc1. The minimum absolute atomic E-state index is 0.264. The predicted octanol–water partition coefficient (Wildman–Crippen LogP) is 2.33. The van der Waals surface area contributed by atoms with Gasteiger partial charge in [0.25, 0.3) is 11.5 Å². The van der Waals surface area contributed by atoms with Gasteiger partial charge < -0.3 is 14.5 Å². The van der Waals surface area contributed by atoms with E-state index in [1.54, 1.807) is 43.3 Å². The van der Waals surface area contributed by atoms with Crippen LogP contribution in [0.3, 0.4) is 0 Å². The Morgan fingerprint density at radius 3 is 2.12 bits per heavy atom. The van der Waals surface area contributed by atoms with E-state index in [0.717, 1.165) is 11.0 Å². The Morgan fingerprint density at radius 2 is 1.67 bits per heavy atom. The number of rotatable bonds is 7. The van der Waals surface area contributed by atoms with Crippen molar-refractivity contribution in [1.29, 1.82) is 0 Å². The standard InChI is InChI=1S/C24H29N3O5Si/c1-15(28)16-6-10-18(11-7-16)24(25,27(2)23(31)20-14-21(29)26-32-20)22(30)17-8-12-19(13-9-17)33(3,4)5/h6-15,28H,25H2,1-5H3,(H,26,29). The van der Waals surface area contributed by atoms with E-state index >= 15 is 0 Å². The number of carbonyl (C=O) groups is 2. The number of nitrogens with one attached hydrogen (secondary N) is 1. The van der Waals surface area contributed by atoms with Crippen molar-refractivity contribution in [2.24, 2.45) is 5.73 Å². The summed E-state index contributed by atoms with van der Waals surface area (Å²) in [4.78, 5) is 39.4. The lowest BCUT2D eigenvalue weighted by Crippen LogP contribution is -2.59. The largest absolute Gasteiger partial charge is 0.389 e. The van der Waals surface area contributed by atoms with Gasteiger partial charge in [-0.05, 0) is 12.5 Å². The number of hydrogen-bond acceptors (Lipinski definition) is 6. The van der Waals surface area contributed by atoms with Crippen LogP contribution in [0.25, 0.3) is 0 Å². The molecule has 2 unspecified atom stereocenters. The van der Waals surface area contributed by atoms with Crippen LogP contribution in [0.4, 0.5) is 0 Å². The molecule has 3 rings (SSSR count). The minimum atomic E-state index is -1.90. The molecule has 0 aliphatic rings. The molecule has 0 radical (unpaired) electrons. The summed E-state index contributed by atoms with van der Waals surface area (Å²) in [5, 5.41) is 13.1. The number of nitrogens with two attached hydrogens (primary N) is 1. The molecule has 1 amide bonds. The topological polar surface area (TPSA) is 130 Å². The number of aliphatic hydroxyl groups excluding tert-OH is 1. The molecule has 0 saturated carbocycles. The fourth-order valence-corrected chi connectivity index (χ4v) is 4.72. The predicted molar refractivity (Wildman–Crippen MR) is 128 cm³/mol. The molecule has 0 saturated heterocycles. The molecule has 2 atom stereocenters. The van der Waals surface area contributed by atoms with E-state index in [0.29, 0.717) is 16.7 Å². The minimum Gasteiger partial charge on any atom is -0.389 e. The fraction of sp³-hybridized carbons (Fsp3) is 0.292. The first-order valence-corrected chi connectivity index (χ1v) is 14.0. The Morgan fingerprint density at radius 1 is 1.09 bits per heavy atom. The maximum Gasteiger partial charge on any atom is 0.294 e. The van der Waals surface area contributed by atoms with Crippen molar-refractivity contribution in [2.45, 2.75) is 38.3 Å². The number of ketones is 1. The molecule has 3 aromatic rings. The first kappa shape index (κ1) is 24.4. The molecular formula is C24H29N3O5Si. The number of aromatic nitrogens is 1.